The molecule has 0 aliphatic carbocycles. The second-order valence-corrected chi connectivity index (χ2v) is 3.72. The summed E-state index contributed by atoms with van der Waals surface area (Å²) in [5.74, 6) is 0.388. The number of hydrogen-bond acceptors (Lipinski definition) is 3. The Labute approximate surface area is 119 Å². The van der Waals surface area contributed by atoms with Crippen molar-refractivity contribution in [3.8, 4) is 11.8 Å². The summed E-state index contributed by atoms with van der Waals surface area (Å²) in [5.41, 5.74) is 1.27. The van der Waals surface area contributed by atoms with Crippen molar-refractivity contribution in [1.82, 2.24) is 0 Å². The van der Waals surface area contributed by atoms with Crippen LogP contribution in [0, 0.1) is 11.3 Å². The fraction of sp³-hybridized carbons (Fsp3) is 0.176. The zero-order valence-electron chi connectivity index (χ0n) is 11.9. The minimum atomic E-state index is -0.175. The number of nitriles is 1. The third-order valence-electron chi connectivity index (χ3n) is 2.63. The Morgan fingerprint density at radius 2 is 1.75 bits per heavy atom. The van der Waals surface area contributed by atoms with E-state index in [1.807, 2.05) is 26.0 Å². The van der Waals surface area contributed by atoms with Gasteiger partial charge in [0, 0.05) is 11.1 Å². The van der Waals surface area contributed by atoms with Gasteiger partial charge in [0.05, 0.1) is 18.7 Å². The smallest absolute Gasteiger partial charge is 0.194 e. The highest BCUT2D eigenvalue weighted by Crippen LogP contribution is 2.20. The van der Waals surface area contributed by atoms with Gasteiger partial charge in [0.1, 0.15) is 5.75 Å². The predicted octanol–water partition coefficient (Wildman–Crippen LogP) is 3.82. The molecule has 2 rings (SSSR count). The third-order valence-corrected chi connectivity index (χ3v) is 2.63. The maximum Gasteiger partial charge on any atom is 0.194 e. The Morgan fingerprint density at radius 3 is 2.30 bits per heavy atom. The van der Waals surface area contributed by atoms with Crippen molar-refractivity contribution >= 4 is 5.78 Å². The standard InChI is InChI=1S/C15H11NO2.C2H6/c1-18-13-8-7-12(10-16)14(9-13)15(17)11-5-3-2-4-6-11;1-2/h2-9H,1H3;1-2H3. The molecule has 0 saturated carbocycles. The van der Waals surface area contributed by atoms with Crippen LogP contribution in [0.5, 0.6) is 5.75 Å². The van der Waals surface area contributed by atoms with E-state index in [9.17, 15) is 4.79 Å². The van der Waals surface area contributed by atoms with Crippen LogP contribution < -0.4 is 4.74 Å². The van der Waals surface area contributed by atoms with E-state index in [2.05, 4.69) is 0 Å². The van der Waals surface area contributed by atoms with E-state index in [4.69, 9.17) is 10.00 Å². The van der Waals surface area contributed by atoms with Gasteiger partial charge in [0.15, 0.2) is 5.78 Å². The first-order chi connectivity index (χ1) is 9.76. The van der Waals surface area contributed by atoms with Crippen LogP contribution in [0.3, 0.4) is 0 Å². The van der Waals surface area contributed by atoms with E-state index in [1.54, 1.807) is 42.5 Å². The van der Waals surface area contributed by atoms with Crippen molar-refractivity contribution in [2.75, 3.05) is 7.11 Å². The summed E-state index contributed by atoms with van der Waals surface area (Å²) in [5, 5.41) is 9.03. The fourth-order valence-electron chi connectivity index (χ4n) is 1.68. The van der Waals surface area contributed by atoms with Crippen molar-refractivity contribution in [2.24, 2.45) is 0 Å². The normalized spacial score (nSPS) is 8.90. The molecular weight excluding hydrogens is 250 g/mol. The first-order valence-corrected chi connectivity index (χ1v) is 6.44. The van der Waals surface area contributed by atoms with Crippen molar-refractivity contribution in [3.05, 3.63) is 65.2 Å². The zero-order chi connectivity index (χ0) is 15.0. The molecule has 0 aliphatic rings. The Balaban J connectivity index is 0.000000956. The third kappa shape index (κ3) is 3.46. The molecule has 3 nitrogen and oxygen atoms in total. The summed E-state index contributed by atoms with van der Waals surface area (Å²) in [6.45, 7) is 4.00. The zero-order valence-corrected chi connectivity index (χ0v) is 11.9. The van der Waals surface area contributed by atoms with Gasteiger partial charge >= 0.3 is 0 Å². The summed E-state index contributed by atoms with van der Waals surface area (Å²) in [7, 11) is 1.53. The molecule has 0 N–H and O–H groups in total. The lowest BCUT2D eigenvalue weighted by molar-refractivity contribution is 0.103. The average Bonchev–Trinajstić information content (AvgIpc) is 2.56. The molecule has 0 radical (unpaired) electrons. The Kier molecular flexibility index (Phi) is 5.99. The monoisotopic (exact) mass is 267 g/mol. The molecular formula is C17H17NO2. The number of benzene rings is 2. The Morgan fingerprint density at radius 1 is 1.10 bits per heavy atom. The molecule has 0 unspecified atom stereocenters. The lowest BCUT2D eigenvalue weighted by Gasteiger charge is -2.06. The van der Waals surface area contributed by atoms with E-state index in [0.29, 0.717) is 22.4 Å². The highest BCUT2D eigenvalue weighted by atomic mass is 16.5. The maximum absolute atomic E-state index is 12.3. The van der Waals surface area contributed by atoms with Crippen LogP contribution in [-0.4, -0.2) is 12.9 Å². The van der Waals surface area contributed by atoms with Crippen LogP contribution in [0.1, 0.15) is 35.3 Å². The molecule has 0 aromatic heterocycles. The average molecular weight is 267 g/mol. The lowest BCUT2D eigenvalue weighted by atomic mass is 9.99. The quantitative estimate of drug-likeness (QED) is 0.794. The number of hydrogen-bond donors (Lipinski definition) is 0. The number of nitrogens with zero attached hydrogens (tertiary/aromatic N) is 1. The van der Waals surface area contributed by atoms with Crippen molar-refractivity contribution in [1.29, 1.82) is 5.26 Å². The Hall–Kier alpha value is -2.60. The second kappa shape index (κ2) is 7.75. The van der Waals surface area contributed by atoms with Crippen molar-refractivity contribution < 1.29 is 9.53 Å². The van der Waals surface area contributed by atoms with E-state index in [1.165, 1.54) is 7.11 Å². The highest BCUT2D eigenvalue weighted by Gasteiger charge is 2.14. The topological polar surface area (TPSA) is 50.1 Å². The molecule has 3 heteroatoms. The van der Waals surface area contributed by atoms with Crippen LogP contribution in [0.25, 0.3) is 0 Å². The number of methoxy groups -OCH3 is 1. The van der Waals surface area contributed by atoms with Crippen molar-refractivity contribution in [3.63, 3.8) is 0 Å². The largest absolute Gasteiger partial charge is 0.497 e. The number of carbonyl (C=O) groups excluding carboxylic acids is 1. The number of ketones is 1. The fourth-order valence-corrected chi connectivity index (χ4v) is 1.68. The molecule has 0 bridgehead atoms. The predicted molar refractivity (Wildman–Crippen MR) is 78.9 cm³/mol. The second-order valence-electron chi connectivity index (χ2n) is 3.72. The van der Waals surface area contributed by atoms with Gasteiger partial charge in [-0.2, -0.15) is 5.26 Å². The van der Waals surface area contributed by atoms with Gasteiger partial charge in [-0.25, -0.2) is 0 Å². The van der Waals surface area contributed by atoms with Gasteiger partial charge < -0.3 is 4.74 Å². The number of carbonyl (C=O) groups is 1. The molecule has 0 heterocycles. The minimum Gasteiger partial charge on any atom is -0.497 e. The summed E-state index contributed by atoms with van der Waals surface area (Å²) in [6, 6.07) is 15.7. The number of ether oxygens (including phenoxy) is 1. The lowest BCUT2D eigenvalue weighted by Crippen LogP contribution is -2.04. The van der Waals surface area contributed by atoms with E-state index < -0.39 is 0 Å². The molecule has 0 fully saturated rings. The first kappa shape index (κ1) is 15.5. The van der Waals surface area contributed by atoms with Crippen LogP contribution in [0.4, 0.5) is 0 Å². The molecule has 0 saturated heterocycles. The molecule has 102 valence electrons. The van der Waals surface area contributed by atoms with Crippen molar-refractivity contribution in [2.45, 2.75) is 13.8 Å². The highest BCUT2D eigenvalue weighted by molar-refractivity contribution is 6.10. The van der Waals surface area contributed by atoms with Crippen LogP contribution in [0.2, 0.25) is 0 Å². The summed E-state index contributed by atoms with van der Waals surface area (Å²) in [4.78, 5) is 12.3. The number of rotatable bonds is 3. The van der Waals surface area contributed by atoms with E-state index >= 15 is 0 Å². The van der Waals surface area contributed by atoms with Crippen LogP contribution in [-0.2, 0) is 0 Å². The van der Waals surface area contributed by atoms with Gasteiger partial charge in [-0.3, -0.25) is 4.79 Å². The molecule has 0 aliphatic heterocycles. The van der Waals surface area contributed by atoms with Gasteiger partial charge in [-0.05, 0) is 18.2 Å². The molecule has 0 atom stereocenters. The molecule has 2 aromatic rings. The van der Waals surface area contributed by atoms with Gasteiger partial charge in [0.2, 0.25) is 0 Å². The summed E-state index contributed by atoms with van der Waals surface area (Å²) < 4.78 is 5.08. The van der Waals surface area contributed by atoms with Gasteiger partial charge in [-0.15, -0.1) is 0 Å². The van der Waals surface area contributed by atoms with Crippen LogP contribution in [0.15, 0.2) is 48.5 Å². The molecule has 0 amide bonds. The molecule has 20 heavy (non-hydrogen) atoms. The van der Waals surface area contributed by atoms with Gasteiger partial charge in [-0.1, -0.05) is 44.2 Å². The SMILES string of the molecule is CC.COc1ccc(C#N)c(C(=O)c2ccccc2)c1. The van der Waals surface area contributed by atoms with E-state index in [0.717, 1.165) is 0 Å². The van der Waals surface area contributed by atoms with E-state index in [-0.39, 0.29) is 5.78 Å². The van der Waals surface area contributed by atoms with Crippen LogP contribution >= 0.6 is 0 Å². The summed E-state index contributed by atoms with van der Waals surface area (Å²) >= 11 is 0. The maximum atomic E-state index is 12.3. The molecule has 0 spiro atoms. The first-order valence-electron chi connectivity index (χ1n) is 6.44. The minimum absolute atomic E-state index is 0.175. The molecule has 2 aromatic carbocycles. The summed E-state index contributed by atoms with van der Waals surface area (Å²) in [6.07, 6.45) is 0. The van der Waals surface area contributed by atoms with Gasteiger partial charge in [0.25, 0.3) is 0 Å². The Bertz CT molecular complexity index is 613.